The second-order valence-corrected chi connectivity index (χ2v) is 6.07. The number of anilines is 1. The number of hydrogen-bond acceptors (Lipinski definition) is 5. The van der Waals surface area contributed by atoms with E-state index in [1.807, 2.05) is 6.07 Å². The van der Waals surface area contributed by atoms with Crippen LogP contribution in [0.4, 0.5) is 5.82 Å². The SMILES string of the molecule is Clc1cc(N(Cc2ccsc2)C2CC2)n2ncnc2n1. The van der Waals surface area contributed by atoms with Crippen LogP contribution in [0.1, 0.15) is 18.4 Å². The fraction of sp³-hybridized carbons (Fsp3) is 0.308. The first kappa shape index (κ1) is 12.1. The highest BCUT2D eigenvalue weighted by molar-refractivity contribution is 7.07. The monoisotopic (exact) mass is 305 g/mol. The summed E-state index contributed by atoms with van der Waals surface area (Å²) in [5.74, 6) is 1.51. The van der Waals surface area contributed by atoms with E-state index in [2.05, 4.69) is 36.8 Å². The zero-order valence-corrected chi connectivity index (χ0v) is 12.2. The summed E-state index contributed by atoms with van der Waals surface area (Å²) in [5.41, 5.74) is 1.31. The molecular formula is C13H12ClN5S. The Balaban J connectivity index is 1.79. The maximum absolute atomic E-state index is 6.11. The zero-order chi connectivity index (χ0) is 13.5. The van der Waals surface area contributed by atoms with Crippen molar-refractivity contribution in [3.05, 3.63) is 39.9 Å². The van der Waals surface area contributed by atoms with Gasteiger partial charge in [0.05, 0.1) is 0 Å². The normalized spacial score (nSPS) is 14.8. The van der Waals surface area contributed by atoms with Crippen molar-refractivity contribution in [2.75, 3.05) is 4.90 Å². The molecule has 7 heteroatoms. The molecule has 0 bridgehead atoms. The van der Waals surface area contributed by atoms with Crippen LogP contribution >= 0.6 is 22.9 Å². The van der Waals surface area contributed by atoms with Crippen LogP contribution in [0.15, 0.2) is 29.2 Å². The first-order valence-corrected chi connectivity index (χ1v) is 7.77. The molecule has 102 valence electrons. The fourth-order valence-electron chi connectivity index (χ4n) is 2.34. The quantitative estimate of drug-likeness (QED) is 0.695. The van der Waals surface area contributed by atoms with Gasteiger partial charge < -0.3 is 4.90 Å². The van der Waals surface area contributed by atoms with Gasteiger partial charge in [0.1, 0.15) is 17.3 Å². The van der Waals surface area contributed by atoms with Crippen LogP contribution in [-0.4, -0.2) is 25.6 Å². The van der Waals surface area contributed by atoms with Gasteiger partial charge in [-0.25, -0.2) is 0 Å². The summed E-state index contributed by atoms with van der Waals surface area (Å²) < 4.78 is 1.76. The Labute approximate surface area is 124 Å². The van der Waals surface area contributed by atoms with Crippen LogP contribution in [0.5, 0.6) is 0 Å². The van der Waals surface area contributed by atoms with Crippen molar-refractivity contribution >= 4 is 34.5 Å². The maximum Gasteiger partial charge on any atom is 0.255 e. The number of aromatic nitrogens is 4. The van der Waals surface area contributed by atoms with Crippen molar-refractivity contribution in [3.8, 4) is 0 Å². The van der Waals surface area contributed by atoms with Crippen molar-refractivity contribution in [2.45, 2.75) is 25.4 Å². The molecule has 1 aliphatic rings. The van der Waals surface area contributed by atoms with Crippen LogP contribution in [0.2, 0.25) is 5.15 Å². The Morgan fingerprint density at radius 3 is 3.10 bits per heavy atom. The lowest BCUT2D eigenvalue weighted by molar-refractivity contribution is 0.749. The van der Waals surface area contributed by atoms with Gasteiger partial charge in [-0.1, -0.05) is 11.6 Å². The van der Waals surface area contributed by atoms with Gasteiger partial charge in [0, 0.05) is 18.7 Å². The molecule has 3 aromatic heterocycles. The molecule has 0 amide bonds. The van der Waals surface area contributed by atoms with E-state index < -0.39 is 0 Å². The first-order valence-electron chi connectivity index (χ1n) is 6.45. The lowest BCUT2D eigenvalue weighted by Crippen LogP contribution is -2.27. The molecule has 1 aliphatic carbocycles. The number of fused-ring (bicyclic) bond motifs is 1. The highest BCUT2D eigenvalue weighted by Gasteiger charge is 2.31. The number of halogens is 1. The average Bonchev–Trinajstić information content (AvgIpc) is 2.96. The van der Waals surface area contributed by atoms with Crippen molar-refractivity contribution < 1.29 is 0 Å². The Kier molecular flexibility index (Phi) is 2.85. The van der Waals surface area contributed by atoms with Crippen LogP contribution in [0.3, 0.4) is 0 Å². The van der Waals surface area contributed by atoms with Crippen LogP contribution in [-0.2, 0) is 6.54 Å². The van der Waals surface area contributed by atoms with Gasteiger partial charge in [-0.05, 0) is 35.2 Å². The molecule has 0 saturated heterocycles. The molecule has 0 aromatic carbocycles. The Hall–Kier alpha value is -1.66. The van der Waals surface area contributed by atoms with E-state index in [0.29, 0.717) is 17.0 Å². The third-order valence-electron chi connectivity index (χ3n) is 3.42. The Morgan fingerprint density at radius 2 is 2.35 bits per heavy atom. The summed E-state index contributed by atoms with van der Waals surface area (Å²) in [7, 11) is 0. The minimum atomic E-state index is 0.455. The van der Waals surface area contributed by atoms with Gasteiger partial charge in [-0.3, -0.25) is 0 Å². The van der Waals surface area contributed by atoms with Gasteiger partial charge >= 0.3 is 0 Å². The molecule has 4 rings (SSSR count). The fourth-order valence-corrected chi connectivity index (χ4v) is 3.17. The second-order valence-electron chi connectivity index (χ2n) is 4.90. The minimum absolute atomic E-state index is 0.455. The van der Waals surface area contributed by atoms with Gasteiger partial charge in [-0.15, -0.1) is 0 Å². The topological polar surface area (TPSA) is 46.3 Å². The molecule has 3 aromatic rings. The van der Waals surface area contributed by atoms with Crippen LogP contribution < -0.4 is 4.90 Å². The van der Waals surface area contributed by atoms with Gasteiger partial charge in [0.2, 0.25) is 0 Å². The van der Waals surface area contributed by atoms with E-state index >= 15 is 0 Å². The van der Waals surface area contributed by atoms with Crippen LogP contribution in [0, 0.1) is 0 Å². The number of nitrogens with zero attached hydrogens (tertiary/aromatic N) is 5. The molecule has 3 heterocycles. The standard InChI is InChI=1S/C13H12ClN5S/c14-11-5-12(19-13(17-11)15-8-16-19)18(10-1-2-10)6-9-3-4-20-7-9/h3-5,7-8,10H,1-2,6H2. The average molecular weight is 306 g/mol. The molecule has 1 fully saturated rings. The Morgan fingerprint density at radius 1 is 1.45 bits per heavy atom. The number of thiophene rings is 1. The molecule has 0 N–H and O–H groups in total. The third kappa shape index (κ3) is 2.14. The van der Waals surface area contributed by atoms with Gasteiger partial charge in [-0.2, -0.15) is 30.9 Å². The molecule has 20 heavy (non-hydrogen) atoms. The summed E-state index contributed by atoms with van der Waals surface area (Å²) >= 11 is 7.83. The molecule has 0 aliphatic heterocycles. The lowest BCUT2D eigenvalue weighted by atomic mass is 10.3. The molecule has 0 spiro atoms. The number of hydrogen-bond donors (Lipinski definition) is 0. The van der Waals surface area contributed by atoms with E-state index in [9.17, 15) is 0 Å². The highest BCUT2D eigenvalue weighted by Crippen LogP contribution is 2.34. The van der Waals surface area contributed by atoms with E-state index in [-0.39, 0.29) is 0 Å². The van der Waals surface area contributed by atoms with Crippen LogP contribution in [0.25, 0.3) is 5.78 Å². The Bertz CT molecular complexity index is 734. The predicted molar refractivity (Wildman–Crippen MR) is 79.3 cm³/mol. The summed E-state index contributed by atoms with van der Waals surface area (Å²) in [6.45, 7) is 0.865. The minimum Gasteiger partial charge on any atom is -0.349 e. The molecule has 5 nitrogen and oxygen atoms in total. The summed E-state index contributed by atoms with van der Waals surface area (Å²) in [6, 6.07) is 4.58. The largest absolute Gasteiger partial charge is 0.349 e. The van der Waals surface area contributed by atoms with Crippen molar-refractivity contribution in [1.29, 1.82) is 0 Å². The van der Waals surface area contributed by atoms with Gasteiger partial charge in [0.15, 0.2) is 0 Å². The van der Waals surface area contributed by atoms with E-state index in [0.717, 1.165) is 12.4 Å². The van der Waals surface area contributed by atoms with E-state index in [4.69, 9.17) is 11.6 Å². The summed E-state index contributed by atoms with van der Waals surface area (Å²) in [6.07, 6.45) is 3.93. The smallest absolute Gasteiger partial charge is 0.255 e. The van der Waals surface area contributed by atoms with Crippen molar-refractivity contribution in [1.82, 2.24) is 19.6 Å². The summed E-state index contributed by atoms with van der Waals surface area (Å²) in [4.78, 5) is 10.7. The molecule has 0 radical (unpaired) electrons. The zero-order valence-electron chi connectivity index (χ0n) is 10.6. The number of rotatable bonds is 4. The van der Waals surface area contributed by atoms with Crippen molar-refractivity contribution in [2.24, 2.45) is 0 Å². The first-order chi connectivity index (χ1) is 9.81. The lowest BCUT2D eigenvalue weighted by Gasteiger charge is -2.24. The molecule has 0 atom stereocenters. The van der Waals surface area contributed by atoms with Crippen molar-refractivity contribution in [3.63, 3.8) is 0 Å². The maximum atomic E-state index is 6.11. The molecular weight excluding hydrogens is 294 g/mol. The van der Waals surface area contributed by atoms with Gasteiger partial charge in [0.25, 0.3) is 5.78 Å². The summed E-state index contributed by atoms with van der Waals surface area (Å²) in [5, 5.41) is 9.00. The van der Waals surface area contributed by atoms with E-state index in [1.54, 1.807) is 15.9 Å². The van der Waals surface area contributed by atoms with E-state index in [1.165, 1.54) is 24.7 Å². The predicted octanol–water partition coefficient (Wildman–Crippen LogP) is 3.01. The molecule has 1 saturated carbocycles. The molecule has 0 unspecified atom stereocenters. The third-order valence-corrected chi connectivity index (χ3v) is 4.34. The highest BCUT2D eigenvalue weighted by atomic mass is 35.5. The second kappa shape index (κ2) is 4.71.